The van der Waals surface area contributed by atoms with Crippen LogP contribution in [0.5, 0.6) is 0 Å². The number of hydrogen-bond donors (Lipinski definition) is 1. The second kappa shape index (κ2) is 14.1. The minimum absolute atomic E-state index is 0.0797. The number of carbonyl (C=O) groups is 3. The fourth-order valence-corrected chi connectivity index (χ4v) is 6.38. The monoisotopic (exact) mass is 728 g/mol. The third-order valence-corrected chi connectivity index (χ3v) is 9.34. The largest absolute Gasteiger partial charge is 0.435 e. The summed E-state index contributed by atoms with van der Waals surface area (Å²) in [6.45, 7) is 3.87. The highest BCUT2D eigenvalue weighted by atomic mass is 35.5. The van der Waals surface area contributed by atoms with Gasteiger partial charge < -0.3 is 24.6 Å². The number of amides is 3. The molecule has 1 N–H and O–H groups in total. The van der Waals surface area contributed by atoms with Crippen molar-refractivity contribution in [2.75, 3.05) is 51.6 Å². The van der Waals surface area contributed by atoms with E-state index in [9.17, 15) is 37.7 Å². The van der Waals surface area contributed by atoms with Crippen LogP contribution in [-0.2, 0) is 18.0 Å². The molecule has 5 heterocycles. The summed E-state index contributed by atoms with van der Waals surface area (Å²) in [5, 5.41) is 17.2. The molecule has 0 aliphatic carbocycles. The number of anilines is 1. The molecule has 51 heavy (non-hydrogen) atoms. The fourth-order valence-electron chi connectivity index (χ4n) is 6.12. The number of piperazine rings is 1. The molecule has 0 atom stereocenters. The van der Waals surface area contributed by atoms with Gasteiger partial charge in [0.05, 0.1) is 33.0 Å². The number of imidazole rings is 1. The zero-order valence-electron chi connectivity index (χ0n) is 27.4. The van der Waals surface area contributed by atoms with E-state index in [0.717, 1.165) is 53.1 Å². The fraction of sp³-hybridized carbons (Fsp3) is 0.375. The molecule has 19 heteroatoms. The van der Waals surface area contributed by atoms with Gasteiger partial charge in [0.15, 0.2) is 17.3 Å². The summed E-state index contributed by atoms with van der Waals surface area (Å²) in [6, 6.07) is 6.58. The van der Waals surface area contributed by atoms with Crippen molar-refractivity contribution in [3.8, 4) is 17.1 Å². The predicted octanol–water partition coefficient (Wildman–Crippen LogP) is 4.13. The zero-order chi connectivity index (χ0) is 36.6. The number of likely N-dealkylation sites (N-methyl/N-ethyl adjacent to an activating group) is 1. The van der Waals surface area contributed by atoms with Gasteiger partial charge in [0.25, 0.3) is 17.5 Å². The Balaban J connectivity index is 1.12. The van der Waals surface area contributed by atoms with Crippen LogP contribution in [0.15, 0.2) is 48.9 Å². The van der Waals surface area contributed by atoms with E-state index >= 15 is 0 Å². The molecule has 0 unspecified atom stereocenters. The lowest BCUT2D eigenvalue weighted by Crippen LogP contribution is -2.51. The van der Waals surface area contributed by atoms with Crippen molar-refractivity contribution >= 4 is 40.7 Å². The molecular weight excluding hydrogens is 697 g/mol. The van der Waals surface area contributed by atoms with Gasteiger partial charge in [0, 0.05) is 70.2 Å². The van der Waals surface area contributed by atoms with Crippen molar-refractivity contribution in [3.63, 3.8) is 0 Å². The number of nitro groups is 1. The molecule has 6 rings (SSSR count). The van der Waals surface area contributed by atoms with Gasteiger partial charge in [-0.15, -0.1) is 0 Å². The first-order chi connectivity index (χ1) is 24.2. The Bertz CT molecular complexity index is 1980. The number of piperidine rings is 1. The van der Waals surface area contributed by atoms with Gasteiger partial charge in [0.1, 0.15) is 6.20 Å². The van der Waals surface area contributed by atoms with Crippen molar-refractivity contribution in [2.24, 2.45) is 13.0 Å². The number of nitrogens with one attached hydrogen (secondary N) is 1. The number of rotatable bonds is 7. The first-order valence-electron chi connectivity index (χ1n) is 15.9. The van der Waals surface area contributed by atoms with Crippen LogP contribution in [0.1, 0.15) is 39.5 Å². The first kappa shape index (κ1) is 35.5. The van der Waals surface area contributed by atoms with Crippen LogP contribution < -0.4 is 5.32 Å². The van der Waals surface area contributed by atoms with Gasteiger partial charge >= 0.3 is 6.18 Å². The summed E-state index contributed by atoms with van der Waals surface area (Å²) in [6.07, 6.45) is -0.777. The third kappa shape index (κ3) is 7.41. The number of likely N-dealkylation sites (tertiary alicyclic amines) is 1. The van der Waals surface area contributed by atoms with Crippen LogP contribution in [0.25, 0.3) is 17.1 Å². The highest BCUT2D eigenvalue weighted by molar-refractivity contribution is 6.34. The van der Waals surface area contributed by atoms with Crippen molar-refractivity contribution < 1.29 is 32.5 Å². The second-order valence-corrected chi connectivity index (χ2v) is 12.7. The maximum absolute atomic E-state index is 14.0. The summed E-state index contributed by atoms with van der Waals surface area (Å²) in [5.41, 5.74) is -1.69. The maximum atomic E-state index is 14.0. The highest BCUT2D eigenvalue weighted by Crippen LogP contribution is 2.37. The van der Waals surface area contributed by atoms with Crippen LogP contribution >= 0.6 is 11.6 Å². The molecule has 0 bridgehead atoms. The van der Waals surface area contributed by atoms with Gasteiger partial charge in [-0.25, -0.2) is 14.6 Å². The topological polar surface area (TPSA) is 165 Å². The number of benzene rings is 1. The number of carbonyl (C=O) groups excluding carboxylic acids is 3. The van der Waals surface area contributed by atoms with Gasteiger partial charge in [-0.3, -0.25) is 24.5 Å². The quantitative estimate of drug-likeness (QED) is 0.218. The zero-order valence-corrected chi connectivity index (χ0v) is 28.2. The number of alkyl halides is 3. The van der Waals surface area contributed by atoms with Gasteiger partial charge in [-0.2, -0.15) is 18.3 Å². The smallest absolute Gasteiger partial charge is 0.340 e. The van der Waals surface area contributed by atoms with Gasteiger partial charge in [-0.1, -0.05) is 11.6 Å². The summed E-state index contributed by atoms with van der Waals surface area (Å²) in [5.74, 6) is -1.41. The van der Waals surface area contributed by atoms with E-state index in [1.807, 2.05) is 11.9 Å². The van der Waals surface area contributed by atoms with E-state index in [-0.39, 0.29) is 57.0 Å². The van der Waals surface area contributed by atoms with Crippen molar-refractivity contribution in [2.45, 2.75) is 19.0 Å². The second-order valence-electron chi connectivity index (χ2n) is 12.3. The summed E-state index contributed by atoms with van der Waals surface area (Å²) >= 11 is 6.48. The van der Waals surface area contributed by atoms with E-state index in [4.69, 9.17) is 11.6 Å². The Morgan fingerprint density at radius 1 is 0.961 bits per heavy atom. The van der Waals surface area contributed by atoms with Crippen LogP contribution in [-0.4, -0.2) is 108 Å². The lowest BCUT2D eigenvalue weighted by Gasteiger charge is -2.37. The Hall–Kier alpha value is -5.36. The standard InChI is InChI=1S/C32H32ClF3N10O5/c1-41-11-13-44(14-12-41)30(48)19-7-9-43(10-8-19)31(49)22-5-3-20(15-24(22)33)39-29(47)28-38-17-25(42(28)2)23-18-45(40-27(23)32(34,35)36)26-6-4-21(16-37-26)46(50)51/h3-6,15-19H,7-14H2,1-2H3,(H,39,47). The molecule has 0 radical (unpaired) electrons. The normalized spacial score (nSPS) is 16.0. The SMILES string of the molecule is CN1CCN(C(=O)C2CCN(C(=O)c3ccc(NC(=O)c4ncc(-c5cn(-c6ccc([N+](=O)[O-])cn6)nc5C(F)(F)F)n4C)cc3Cl)CC2)CC1. The van der Waals surface area contributed by atoms with Crippen molar-refractivity contribution in [3.05, 3.63) is 81.1 Å². The Labute approximate surface area is 293 Å². The highest BCUT2D eigenvalue weighted by Gasteiger charge is 2.39. The predicted molar refractivity (Wildman–Crippen MR) is 177 cm³/mol. The molecule has 2 aliphatic rings. The number of aromatic nitrogens is 5. The van der Waals surface area contributed by atoms with Crippen molar-refractivity contribution in [1.29, 1.82) is 0 Å². The molecule has 0 saturated carbocycles. The Morgan fingerprint density at radius 2 is 1.67 bits per heavy atom. The Morgan fingerprint density at radius 3 is 2.27 bits per heavy atom. The van der Waals surface area contributed by atoms with Crippen LogP contribution in [0.2, 0.25) is 5.02 Å². The summed E-state index contributed by atoms with van der Waals surface area (Å²) in [4.78, 5) is 63.4. The summed E-state index contributed by atoms with van der Waals surface area (Å²) < 4.78 is 44.1. The molecule has 2 aliphatic heterocycles. The third-order valence-electron chi connectivity index (χ3n) is 9.03. The molecule has 3 aromatic heterocycles. The maximum Gasteiger partial charge on any atom is 0.435 e. The van der Waals surface area contributed by atoms with E-state index in [2.05, 4.69) is 25.3 Å². The minimum atomic E-state index is -4.90. The number of hydrogen-bond acceptors (Lipinski definition) is 9. The number of nitrogens with zero attached hydrogens (tertiary/aromatic N) is 9. The molecule has 268 valence electrons. The average Bonchev–Trinajstić information content (AvgIpc) is 3.72. The van der Waals surface area contributed by atoms with Crippen LogP contribution in [0, 0.1) is 16.0 Å². The van der Waals surface area contributed by atoms with E-state index in [0.29, 0.717) is 39.0 Å². The molecule has 3 amide bonds. The molecule has 0 spiro atoms. The van der Waals surface area contributed by atoms with Crippen molar-refractivity contribution in [1.82, 2.24) is 39.0 Å². The van der Waals surface area contributed by atoms with Crippen LogP contribution in [0.4, 0.5) is 24.5 Å². The molecule has 15 nitrogen and oxygen atoms in total. The molecule has 4 aromatic rings. The lowest BCUT2D eigenvalue weighted by molar-refractivity contribution is -0.385. The molecular formula is C32H32ClF3N10O5. The molecule has 2 saturated heterocycles. The molecule has 1 aromatic carbocycles. The van der Waals surface area contributed by atoms with Gasteiger partial charge in [-0.05, 0) is 44.2 Å². The van der Waals surface area contributed by atoms with Gasteiger partial charge in [0.2, 0.25) is 5.91 Å². The van der Waals surface area contributed by atoms with E-state index in [1.54, 1.807) is 4.90 Å². The number of halogens is 4. The summed E-state index contributed by atoms with van der Waals surface area (Å²) in [7, 11) is 3.38. The number of pyridine rings is 1. The van der Waals surface area contributed by atoms with Crippen LogP contribution in [0.3, 0.4) is 0 Å². The average molecular weight is 729 g/mol. The Kier molecular flexibility index (Phi) is 9.81. The van der Waals surface area contributed by atoms with E-state index < -0.39 is 28.3 Å². The minimum Gasteiger partial charge on any atom is -0.340 e. The van der Waals surface area contributed by atoms with E-state index in [1.165, 1.54) is 25.2 Å². The lowest BCUT2D eigenvalue weighted by atomic mass is 9.94. The molecule has 2 fully saturated rings. The first-order valence-corrected chi connectivity index (χ1v) is 16.3.